The fraction of sp³-hybridized carbons (Fsp3) is 0.471. The normalized spacial score (nSPS) is 26.1. The van der Waals surface area contributed by atoms with E-state index in [1.807, 2.05) is 0 Å². The van der Waals surface area contributed by atoms with Gasteiger partial charge in [0.2, 0.25) is 5.91 Å². The zero-order valence-corrected chi connectivity index (χ0v) is 13.3. The largest absolute Gasteiger partial charge is 0.325 e. The Kier molecular flexibility index (Phi) is 3.80. The van der Waals surface area contributed by atoms with Crippen LogP contribution < -0.4 is 10.6 Å². The third-order valence-electron chi connectivity index (χ3n) is 5.36. The lowest BCUT2D eigenvalue weighted by atomic mass is 9.67. The van der Waals surface area contributed by atoms with Gasteiger partial charge in [0.05, 0.1) is 5.41 Å². The highest BCUT2D eigenvalue weighted by molar-refractivity contribution is 5.96. The third kappa shape index (κ3) is 2.49. The fourth-order valence-corrected chi connectivity index (χ4v) is 4.05. The van der Waals surface area contributed by atoms with Crippen LogP contribution in [0.4, 0.5) is 10.1 Å². The Bertz CT molecular complexity index is 747. The van der Waals surface area contributed by atoms with Crippen molar-refractivity contribution in [3.05, 3.63) is 36.7 Å². The van der Waals surface area contributed by atoms with Crippen molar-refractivity contribution in [2.75, 3.05) is 18.4 Å². The van der Waals surface area contributed by atoms with Crippen LogP contribution in [0.3, 0.4) is 0 Å². The van der Waals surface area contributed by atoms with Crippen molar-refractivity contribution in [1.82, 2.24) is 20.1 Å². The van der Waals surface area contributed by atoms with Crippen molar-refractivity contribution in [1.29, 1.82) is 0 Å². The molecule has 1 aromatic carbocycles. The summed E-state index contributed by atoms with van der Waals surface area (Å²) in [6, 6.07) is 4.64. The molecule has 6 nitrogen and oxygen atoms in total. The number of halogens is 1. The maximum Gasteiger partial charge on any atom is 0.232 e. The number of nitrogens with one attached hydrogen (secondary N) is 2. The molecule has 1 saturated heterocycles. The summed E-state index contributed by atoms with van der Waals surface area (Å²) >= 11 is 0. The predicted molar refractivity (Wildman–Crippen MR) is 87.2 cm³/mol. The molecule has 0 radical (unpaired) electrons. The second-order valence-electron chi connectivity index (χ2n) is 6.69. The lowest BCUT2D eigenvalue weighted by molar-refractivity contribution is -0.128. The van der Waals surface area contributed by atoms with Gasteiger partial charge in [-0.2, -0.15) is 5.10 Å². The minimum atomic E-state index is -0.444. The Hall–Kier alpha value is -2.28. The topological polar surface area (TPSA) is 71.8 Å². The standard InChI is InChI=1S/C17H20FN5O/c18-14-7-13(4-5-15(14)23-11-20-10-21-23)22-16(24)17-6-2-1-3-12(17)8-19-9-17/h4-5,7,10-12,19H,1-3,6,8-9H2,(H,22,24)/t12-,17+/m0/s1. The van der Waals surface area contributed by atoms with E-state index in [4.69, 9.17) is 0 Å². The number of carbonyl (C=O) groups excluding carboxylic acids is 1. The number of aromatic nitrogens is 3. The highest BCUT2D eigenvalue weighted by atomic mass is 19.1. The minimum Gasteiger partial charge on any atom is -0.325 e. The van der Waals surface area contributed by atoms with Gasteiger partial charge < -0.3 is 10.6 Å². The summed E-state index contributed by atoms with van der Waals surface area (Å²) in [7, 11) is 0. The van der Waals surface area contributed by atoms with Crippen LogP contribution in [0.25, 0.3) is 5.69 Å². The number of rotatable bonds is 3. The molecule has 2 heterocycles. The van der Waals surface area contributed by atoms with E-state index in [9.17, 15) is 9.18 Å². The number of benzene rings is 1. The van der Waals surface area contributed by atoms with Crippen molar-refractivity contribution < 1.29 is 9.18 Å². The molecule has 24 heavy (non-hydrogen) atoms. The molecule has 2 fully saturated rings. The highest BCUT2D eigenvalue weighted by Crippen LogP contribution is 2.44. The zero-order chi connectivity index (χ0) is 16.6. The molecule has 0 bridgehead atoms. The molecular weight excluding hydrogens is 309 g/mol. The fourth-order valence-electron chi connectivity index (χ4n) is 4.05. The number of fused-ring (bicyclic) bond motifs is 1. The quantitative estimate of drug-likeness (QED) is 0.905. The lowest BCUT2D eigenvalue weighted by Gasteiger charge is -2.37. The Morgan fingerprint density at radius 3 is 3.12 bits per heavy atom. The van der Waals surface area contributed by atoms with E-state index in [-0.39, 0.29) is 11.3 Å². The molecule has 2 aliphatic rings. The number of hydrogen-bond donors (Lipinski definition) is 2. The molecule has 1 aromatic heterocycles. The molecule has 0 spiro atoms. The van der Waals surface area contributed by atoms with E-state index in [0.29, 0.717) is 23.8 Å². The van der Waals surface area contributed by atoms with Gasteiger partial charge in [-0.25, -0.2) is 14.1 Å². The Morgan fingerprint density at radius 2 is 2.33 bits per heavy atom. The molecule has 2 aromatic rings. The first kappa shape index (κ1) is 15.3. The van der Waals surface area contributed by atoms with Gasteiger partial charge in [0, 0.05) is 12.2 Å². The van der Waals surface area contributed by atoms with E-state index in [1.54, 1.807) is 12.1 Å². The van der Waals surface area contributed by atoms with Gasteiger partial charge in [0.15, 0.2) is 5.82 Å². The van der Waals surface area contributed by atoms with E-state index in [0.717, 1.165) is 25.8 Å². The van der Waals surface area contributed by atoms with Crippen LogP contribution in [0.15, 0.2) is 30.9 Å². The van der Waals surface area contributed by atoms with Crippen LogP contribution in [-0.2, 0) is 4.79 Å². The summed E-state index contributed by atoms with van der Waals surface area (Å²) in [5.41, 5.74) is 0.438. The molecule has 0 unspecified atom stereocenters. The van der Waals surface area contributed by atoms with Crippen molar-refractivity contribution in [2.45, 2.75) is 25.7 Å². The van der Waals surface area contributed by atoms with Gasteiger partial charge in [0.25, 0.3) is 0 Å². The summed E-state index contributed by atoms with van der Waals surface area (Å²) in [5, 5.41) is 10.2. The molecule has 1 amide bonds. The zero-order valence-electron chi connectivity index (χ0n) is 13.3. The molecule has 1 aliphatic carbocycles. The van der Waals surface area contributed by atoms with Gasteiger partial charge in [-0.1, -0.05) is 12.8 Å². The molecule has 7 heteroatoms. The van der Waals surface area contributed by atoms with Gasteiger partial charge in [-0.05, 0) is 43.5 Å². The van der Waals surface area contributed by atoms with Crippen LogP contribution in [0, 0.1) is 17.2 Å². The lowest BCUT2D eigenvalue weighted by Crippen LogP contribution is -2.44. The average molecular weight is 329 g/mol. The van der Waals surface area contributed by atoms with Crippen molar-refractivity contribution in [3.8, 4) is 5.69 Å². The van der Waals surface area contributed by atoms with E-state index in [2.05, 4.69) is 20.7 Å². The minimum absolute atomic E-state index is 0.00473. The first-order valence-electron chi connectivity index (χ1n) is 8.36. The monoisotopic (exact) mass is 329 g/mol. The Balaban J connectivity index is 1.55. The van der Waals surface area contributed by atoms with Crippen LogP contribution >= 0.6 is 0 Å². The van der Waals surface area contributed by atoms with Gasteiger partial charge in [-0.3, -0.25) is 4.79 Å². The van der Waals surface area contributed by atoms with Crippen LogP contribution in [0.2, 0.25) is 0 Å². The number of amides is 1. The van der Waals surface area contributed by atoms with Crippen molar-refractivity contribution in [2.24, 2.45) is 11.3 Å². The second-order valence-corrected chi connectivity index (χ2v) is 6.69. The van der Waals surface area contributed by atoms with E-state index in [1.165, 1.54) is 29.8 Å². The maximum absolute atomic E-state index is 14.3. The van der Waals surface area contributed by atoms with E-state index < -0.39 is 5.82 Å². The molecule has 1 aliphatic heterocycles. The number of nitrogens with zero attached hydrogens (tertiary/aromatic N) is 3. The smallest absolute Gasteiger partial charge is 0.232 e. The number of hydrogen-bond acceptors (Lipinski definition) is 4. The molecule has 126 valence electrons. The Labute approximate surface area is 139 Å². The highest BCUT2D eigenvalue weighted by Gasteiger charge is 2.49. The number of carbonyl (C=O) groups is 1. The molecule has 1 saturated carbocycles. The molecule has 4 rings (SSSR count). The van der Waals surface area contributed by atoms with Crippen LogP contribution in [0.1, 0.15) is 25.7 Å². The third-order valence-corrected chi connectivity index (χ3v) is 5.36. The van der Waals surface area contributed by atoms with E-state index >= 15 is 0 Å². The van der Waals surface area contributed by atoms with Crippen molar-refractivity contribution in [3.63, 3.8) is 0 Å². The van der Waals surface area contributed by atoms with Gasteiger partial charge in [-0.15, -0.1) is 0 Å². The average Bonchev–Trinajstić information content (AvgIpc) is 3.25. The first-order chi connectivity index (χ1) is 11.7. The van der Waals surface area contributed by atoms with Gasteiger partial charge in [0.1, 0.15) is 18.3 Å². The number of anilines is 1. The summed E-state index contributed by atoms with van der Waals surface area (Å²) in [6.45, 7) is 1.61. The summed E-state index contributed by atoms with van der Waals surface area (Å²) in [5.74, 6) is -0.0591. The second kappa shape index (κ2) is 5.98. The summed E-state index contributed by atoms with van der Waals surface area (Å²) < 4.78 is 15.7. The first-order valence-corrected chi connectivity index (χ1v) is 8.36. The van der Waals surface area contributed by atoms with Gasteiger partial charge >= 0.3 is 0 Å². The molecular formula is C17H20FN5O. The maximum atomic E-state index is 14.3. The SMILES string of the molecule is O=C(Nc1ccc(-n2cncn2)c(F)c1)[C@@]12CCCC[C@H]1CNC2. The summed E-state index contributed by atoms with van der Waals surface area (Å²) in [6.07, 6.45) is 7.03. The predicted octanol–water partition coefficient (Wildman–Crippen LogP) is 2.12. The van der Waals surface area contributed by atoms with Crippen LogP contribution in [-0.4, -0.2) is 33.8 Å². The Morgan fingerprint density at radius 1 is 1.42 bits per heavy atom. The van der Waals surface area contributed by atoms with Crippen LogP contribution in [0.5, 0.6) is 0 Å². The summed E-state index contributed by atoms with van der Waals surface area (Å²) in [4.78, 5) is 16.7. The van der Waals surface area contributed by atoms with Crippen molar-refractivity contribution >= 4 is 11.6 Å². The molecule has 2 N–H and O–H groups in total. The molecule has 2 atom stereocenters.